The van der Waals surface area contributed by atoms with E-state index in [9.17, 15) is 14.4 Å². The molecule has 1 aromatic carbocycles. The highest BCUT2D eigenvalue weighted by Crippen LogP contribution is 2.26. The quantitative estimate of drug-likeness (QED) is 0.525. The third-order valence-corrected chi connectivity index (χ3v) is 6.78. The number of urea groups is 1. The maximum absolute atomic E-state index is 13.1. The average Bonchev–Trinajstić information content (AvgIpc) is 2.92. The summed E-state index contributed by atoms with van der Waals surface area (Å²) in [6, 6.07) is 8.51. The van der Waals surface area contributed by atoms with Gasteiger partial charge in [0, 0.05) is 37.8 Å². The van der Waals surface area contributed by atoms with Crippen molar-refractivity contribution >= 4 is 23.6 Å². The van der Waals surface area contributed by atoms with Crippen molar-refractivity contribution in [3.8, 4) is 11.5 Å². The highest BCUT2D eigenvalue weighted by molar-refractivity contribution is 5.95. The van der Waals surface area contributed by atoms with Crippen molar-refractivity contribution in [3.05, 3.63) is 48.3 Å². The number of amides is 3. The van der Waals surface area contributed by atoms with Crippen LogP contribution in [0.4, 0.5) is 10.5 Å². The van der Waals surface area contributed by atoms with Gasteiger partial charge in [-0.25, -0.2) is 9.59 Å². The number of hydrogen-bond acceptors (Lipinski definition) is 6. The number of hydrogen-bond donors (Lipinski definition) is 2. The van der Waals surface area contributed by atoms with Crippen molar-refractivity contribution in [1.29, 1.82) is 0 Å². The van der Waals surface area contributed by atoms with Crippen molar-refractivity contribution in [2.45, 2.75) is 38.5 Å². The highest BCUT2D eigenvalue weighted by atomic mass is 16.5. The van der Waals surface area contributed by atoms with Crippen LogP contribution < -0.4 is 14.8 Å². The van der Waals surface area contributed by atoms with Crippen LogP contribution in [0.3, 0.4) is 0 Å². The largest absolute Gasteiger partial charge is 0.494 e. The zero-order chi connectivity index (χ0) is 26.0. The summed E-state index contributed by atoms with van der Waals surface area (Å²) in [6.45, 7) is 1.78. The lowest BCUT2D eigenvalue weighted by atomic mass is 9.87. The molecular formula is C27H34N4O6. The second kappa shape index (κ2) is 12.9. The summed E-state index contributed by atoms with van der Waals surface area (Å²) in [5, 5.41) is 11.5. The predicted octanol–water partition coefficient (Wildman–Crippen LogP) is 3.88. The van der Waals surface area contributed by atoms with Gasteiger partial charge in [0.1, 0.15) is 11.5 Å². The van der Waals surface area contributed by atoms with Gasteiger partial charge in [0.15, 0.2) is 6.61 Å². The molecule has 1 saturated heterocycles. The molecule has 0 atom stereocenters. The van der Waals surface area contributed by atoms with E-state index in [1.165, 1.54) is 50.6 Å². The summed E-state index contributed by atoms with van der Waals surface area (Å²) in [6.07, 6.45) is 10.4. The normalized spacial score (nSPS) is 16.2. The summed E-state index contributed by atoms with van der Waals surface area (Å²) >= 11 is 0. The number of nitrogens with zero attached hydrogens (tertiary/aromatic N) is 3. The molecule has 0 unspecified atom stereocenters. The maximum atomic E-state index is 13.1. The Labute approximate surface area is 216 Å². The Morgan fingerprint density at radius 2 is 1.70 bits per heavy atom. The zero-order valence-corrected chi connectivity index (χ0v) is 20.9. The monoisotopic (exact) mass is 510 g/mol. The number of ether oxygens (including phenoxy) is 2. The molecule has 1 aromatic heterocycles. The second-order valence-corrected chi connectivity index (χ2v) is 9.47. The summed E-state index contributed by atoms with van der Waals surface area (Å²) in [4.78, 5) is 43.8. The predicted molar refractivity (Wildman–Crippen MR) is 137 cm³/mol. The Bertz CT molecular complexity index is 1080. The van der Waals surface area contributed by atoms with Crippen LogP contribution in [0, 0.1) is 5.92 Å². The third kappa shape index (κ3) is 7.83. The fraction of sp³-hybridized carbons (Fsp3) is 0.481. The minimum Gasteiger partial charge on any atom is -0.494 e. The van der Waals surface area contributed by atoms with Crippen molar-refractivity contribution in [1.82, 2.24) is 14.8 Å². The number of aromatic nitrogens is 1. The molecule has 10 nitrogen and oxygen atoms in total. The molecule has 2 N–H and O–H groups in total. The van der Waals surface area contributed by atoms with Gasteiger partial charge in [-0.1, -0.05) is 38.2 Å². The Morgan fingerprint density at radius 1 is 0.946 bits per heavy atom. The Hall–Kier alpha value is -3.82. The number of piperazine rings is 1. The van der Waals surface area contributed by atoms with Crippen LogP contribution in [0.25, 0.3) is 0 Å². The molecule has 0 radical (unpaired) electrons. The smallest absolute Gasteiger partial charge is 0.341 e. The van der Waals surface area contributed by atoms with E-state index in [0.717, 1.165) is 12.3 Å². The molecule has 1 aliphatic heterocycles. The number of nitrogens with one attached hydrogen (secondary N) is 1. The molecule has 2 heterocycles. The van der Waals surface area contributed by atoms with E-state index in [2.05, 4.69) is 10.3 Å². The van der Waals surface area contributed by atoms with E-state index in [4.69, 9.17) is 14.6 Å². The number of carbonyl (C=O) groups excluding carboxylic acids is 2. The zero-order valence-electron chi connectivity index (χ0n) is 20.9. The van der Waals surface area contributed by atoms with E-state index < -0.39 is 12.6 Å². The molecular weight excluding hydrogens is 476 g/mol. The van der Waals surface area contributed by atoms with Crippen molar-refractivity contribution < 1.29 is 29.0 Å². The first kappa shape index (κ1) is 26.2. The minimum atomic E-state index is -1.10. The molecule has 3 amide bonds. The molecule has 198 valence electrons. The number of anilines is 1. The first-order valence-electron chi connectivity index (χ1n) is 12.9. The average molecular weight is 511 g/mol. The van der Waals surface area contributed by atoms with Crippen LogP contribution in [0.5, 0.6) is 11.5 Å². The molecule has 0 bridgehead atoms. The van der Waals surface area contributed by atoms with E-state index in [0.29, 0.717) is 49.8 Å². The van der Waals surface area contributed by atoms with Gasteiger partial charge in [0.2, 0.25) is 0 Å². The lowest BCUT2D eigenvalue weighted by molar-refractivity contribution is -0.139. The molecule has 37 heavy (non-hydrogen) atoms. The molecule has 1 aliphatic carbocycles. The van der Waals surface area contributed by atoms with Crippen LogP contribution in [0.1, 0.15) is 48.9 Å². The van der Waals surface area contributed by atoms with Gasteiger partial charge in [-0.15, -0.1) is 0 Å². The molecule has 2 aliphatic rings. The number of carboxylic acid groups (broad SMARTS) is 1. The molecule has 2 aromatic rings. The number of rotatable bonds is 9. The Morgan fingerprint density at radius 3 is 2.46 bits per heavy atom. The fourth-order valence-corrected chi connectivity index (χ4v) is 4.75. The number of carboxylic acids is 1. The van der Waals surface area contributed by atoms with E-state index >= 15 is 0 Å². The van der Waals surface area contributed by atoms with Gasteiger partial charge < -0.3 is 29.7 Å². The van der Waals surface area contributed by atoms with Gasteiger partial charge >= 0.3 is 12.0 Å². The van der Waals surface area contributed by atoms with Gasteiger partial charge in [-0.05, 0) is 30.5 Å². The minimum absolute atomic E-state index is 0.0785. The van der Waals surface area contributed by atoms with Gasteiger partial charge in [-0.3, -0.25) is 9.78 Å². The Kier molecular flexibility index (Phi) is 9.18. The van der Waals surface area contributed by atoms with Crippen LogP contribution in [-0.2, 0) is 4.79 Å². The Balaban J connectivity index is 1.23. The van der Waals surface area contributed by atoms with Crippen LogP contribution in [0.2, 0.25) is 0 Å². The standard InChI is InChI=1S/C27H34N4O6/c32-25(33)19-37-24-16-22(17-28-18-24)29-27(35)31-12-10-30(11-13-31)26(34)21-7-4-8-23(15-21)36-14-9-20-5-2-1-3-6-20/h4,7-8,15-18,20H,1-3,5-6,9-14,19H2,(H,29,35)(H,32,33). The fourth-order valence-electron chi connectivity index (χ4n) is 4.75. The number of aliphatic carboxylic acids is 1. The lowest BCUT2D eigenvalue weighted by Crippen LogP contribution is -2.51. The van der Waals surface area contributed by atoms with Gasteiger partial charge in [-0.2, -0.15) is 0 Å². The van der Waals surface area contributed by atoms with Crippen molar-refractivity contribution in [2.24, 2.45) is 5.92 Å². The second-order valence-electron chi connectivity index (χ2n) is 9.47. The number of pyridine rings is 1. The lowest BCUT2D eigenvalue weighted by Gasteiger charge is -2.34. The number of benzene rings is 1. The molecule has 10 heteroatoms. The summed E-state index contributed by atoms with van der Waals surface area (Å²) < 4.78 is 11.0. The third-order valence-electron chi connectivity index (χ3n) is 6.78. The van der Waals surface area contributed by atoms with Crippen LogP contribution >= 0.6 is 0 Å². The van der Waals surface area contributed by atoms with E-state index in [-0.39, 0.29) is 17.7 Å². The SMILES string of the molecule is O=C(O)COc1cncc(NC(=O)N2CCN(C(=O)c3cccc(OCCC4CCCCC4)c3)CC2)c1. The number of carbonyl (C=O) groups is 3. The molecule has 1 saturated carbocycles. The molecule has 2 fully saturated rings. The topological polar surface area (TPSA) is 121 Å². The highest BCUT2D eigenvalue weighted by Gasteiger charge is 2.25. The van der Waals surface area contributed by atoms with E-state index in [1.54, 1.807) is 21.9 Å². The van der Waals surface area contributed by atoms with E-state index in [1.807, 2.05) is 12.1 Å². The maximum Gasteiger partial charge on any atom is 0.341 e. The summed E-state index contributed by atoms with van der Waals surface area (Å²) in [7, 11) is 0. The molecule has 0 spiro atoms. The first-order valence-corrected chi connectivity index (χ1v) is 12.9. The van der Waals surface area contributed by atoms with Gasteiger partial charge in [0.05, 0.1) is 24.7 Å². The molecule has 4 rings (SSSR count). The van der Waals surface area contributed by atoms with Gasteiger partial charge in [0.25, 0.3) is 5.91 Å². The van der Waals surface area contributed by atoms with Crippen molar-refractivity contribution in [2.75, 3.05) is 44.7 Å². The van der Waals surface area contributed by atoms with Crippen molar-refractivity contribution in [3.63, 3.8) is 0 Å². The summed E-state index contributed by atoms with van der Waals surface area (Å²) in [5.74, 6) is 0.525. The summed E-state index contributed by atoms with van der Waals surface area (Å²) in [5.41, 5.74) is 0.976. The van der Waals surface area contributed by atoms with Crippen LogP contribution in [0.15, 0.2) is 42.7 Å². The first-order chi connectivity index (χ1) is 18.0. The van der Waals surface area contributed by atoms with Crippen LogP contribution in [-0.4, -0.2) is 77.2 Å².